The monoisotopic (exact) mass is 266 g/mol. The van der Waals surface area contributed by atoms with Gasteiger partial charge >= 0.3 is 6.09 Å². The number of aliphatic hydroxyl groups is 1. The smallest absolute Gasteiger partial charge is 0.407 e. The van der Waals surface area contributed by atoms with Crippen LogP contribution in [0.3, 0.4) is 0 Å². The van der Waals surface area contributed by atoms with E-state index in [1.807, 2.05) is 26.8 Å². The number of ether oxygens (including phenoxy) is 1. The number of amides is 1. The van der Waals surface area contributed by atoms with Gasteiger partial charge in [-0.15, -0.1) is 0 Å². The van der Waals surface area contributed by atoms with Gasteiger partial charge in [-0.3, -0.25) is 4.98 Å². The summed E-state index contributed by atoms with van der Waals surface area (Å²) in [5.41, 5.74) is 0.164. The number of hydrogen-bond donors (Lipinski definition) is 2. The highest BCUT2D eigenvalue weighted by Gasteiger charge is 2.15. The Morgan fingerprint density at radius 3 is 2.79 bits per heavy atom. The van der Waals surface area contributed by atoms with Crippen LogP contribution in [0, 0.1) is 0 Å². The lowest BCUT2D eigenvalue weighted by molar-refractivity contribution is 0.0523. The predicted molar refractivity (Wildman–Crippen MR) is 72.7 cm³/mol. The molecule has 0 aromatic carbocycles. The van der Waals surface area contributed by atoms with Gasteiger partial charge in [0.25, 0.3) is 0 Å². The highest BCUT2D eigenvalue weighted by atomic mass is 16.6. The van der Waals surface area contributed by atoms with Crippen LogP contribution >= 0.6 is 0 Å². The van der Waals surface area contributed by atoms with Gasteiger partial charge in [-0.25, -0.2) is 4.79 Å². The van der Waals surface area contributed by atoms with Crippen molar-refractivity contribution >= 4 is 6.09 Å². The van der Waals surface area contributed by atoms with E-state index in [2.05, 4.69) is 10.3 Å². The lowest BCUT2D eigenvalue weighted by Crippen LogP contribution is -2.33. The maximum Gasteiger partial charge on any atom is 0.407 e. The molecule has 1 amide bonds. The largest absolute Gasteiger partial charge is 0.444 e. The van der Waals surface area contributed by atoms with Crippen LogP contribution in [-0.2, 0) is 4.74 Å². The number of alkyl carbamates (subject to hydrolysis) is 1. The molecule has 1 atom stereocenters. The number of rotatable bonds is 5. The van der Waals surface area contributed by atoms with Gasteiger partial charge in [-0.1, -0.05) is 6.07 Å². The summed E-state index contributed by atoms with van der Waals surface area (Å²) < 4.78 is 5.10. The summed E-state index contributed by atoms with van der Waals surface area (Å²) in [6.07, 6.45) is 1.84. The molecule has 0 saturated carbocycles. The molecule has 0 fully saturated rings. The zero-order chi connectivity index (χ0) is 14.3. The molecule has 1 heterocycles. The molecular weight excluding hydrogens is 244 g/mol. The third kappa shape index (κ3) is 6.76. The molecule has 0 radical (unpaired) electrons. The van der Waals surface area contributed by atoms with Gasteiger partial charge in [0.05, 0.1) is 11.8 Å². The summed E-state index contributed by atoms with van der Waals surface area (Å²) in [7, 11) is 0. The lowest BCUT2D eigenvalue weighted by atomic mass is 10.1. The summed E-state index contributed by atoms with van der Waals surface area (Å²) in [5.74, 6) is 0. The van der Waals surface area contributed by atoms with E-state index in [4.69, 9.17) is 4.74 Å². The maximum absolute atomic E-state index is 11.4. The van der Waals surface area contributed by atoms with E-state index in [0.717, 1.165) is 0 Å². The molecule has 0 spiro atoms. The van der Waals surface area contributed by atoms with Crippen molar-refractivity contribution in [3.8, 4) is 0 Å². The molecule has 106 valence electrons. The van der Waals surface area contributed by atoms with Gasteiger partial charge in [0, 0.05) is 12.7 Å². The molecule has 0 aliphatic carbocycles. The molecule has 0 saturated heterocycles. The molecule has 1 aromatic heterocycles. The summed E-state index contributed by atoms with van der Waals surface area (Å²) in [6.45, 7) is 5.92. The Morgan fingerprint density at radius 2 is 2.21 bits per heavy atom. The summed E-state index contributed by atoms with van der Waals surface area (Å²) in [4.78, 5) is 15.4. The number of aliphatic hydroxyl groups excluding tert-OH is 1. The summed E-state index contributed by atoms with van der Waals surface area (Å²) in [6, 6.07) is 5.43. The van der Waals surface area contributed by atoms with Gasteiger partial charge in [-0.05, 0) is 45.7 Å². The van der Waals surface area contributed by atoms with E-state index in [1.165, 1.54) is 0 Å². The normalized spacial score (nSPS) is 12.8. The Hall–Kier alpha value is -1.62. The van der Waals surface area contributed by atoms with Crippen LogP contribution in [0.4, 0.5) is 4.79 Å². The fraction of sp³-hybridized carbons (Fsp3) is 0.571. The van der Waals surface area contributed by atoms with E-state index >= 15 is 0 Å². The number of carbonyl (C=O) groups excluding carboxylic acids is 1. The molecule has 0 aliphatic rings. The zero-order valence-electron chi connectivity index (χ0n) is 11.7. The first-order valence-electron chi connectivity index (χ1n) is 6.44. The number of pyridine rings is 1. The average Bonchev–Trinajstić information content (AvgIpc) is 2.33. The minimum atomic E-state index is -0.596. The van der Waals surface area contributed by atoms with E-state index in [-0.39, 0.29) is 0 Å². The average molecular weight is 266 g/mol. The van der Waals surface area contributed by atoms with Gasteiger partial charge in [0.15, 0.2) is 0 Å². The minimum Gasteiger partial charge on any atom is -0.444 e. The topological polar surface area (TPSA) is 71.5 Å². The van der Waals surface area contributed by atoms with Crippen molar-refractivity contribution in [2.45, 2.75) is 45.3 Å². The van der Waals surface area contributed by atoms with Crippen molar-refractivity contribution in [3.05, 3.63) is 30.1 Å². The highest BCUT2D eigenvalue weighted by molar-refractivity contribution is 5.67. The molecule has 0 unspecified atom stereocenters. The molecule has 5 heteroatoms. The third-order valence-electron chi connectivity index (χ3n) is 2.35. The highest BCUT2D eigenvalue weighted by Crippen LogP contribution is 2.14. The number of hydrogen-bond acceptors (Lipinski definition) is 4. The van der Waals surface area contributed by atoms with Crippen LogP contribution in [0.1, 0.15) is 45.4 Å². The Bertz CT molecular complexity index is 387. The molecule has 19 heavy (non-hydrogen) atoms. The van der Waals surface area contributed by atoms with Gasteiger partial charge < -0.3 is 15.2 Å². The van der Waals surface area contributed by atoms with E-state index in [0.29, 0.717) is 25.1 Å². The summed E-state index contributed by atoms with van der Waals surface area (Å²) in [5, 5.41) is 12.5. The SMILES string of the molecule is CC(C)(C)OC(=O)NCCC[C@@H](O)c1ccccn1. The van der Waals surface area contributed by atoms with Gasteiger partial charge in [0.2, 0.25) is 0 Å². The van der Waals surface area contributed by atoms with Crippen molar-refractivity contribution in [2.75, 3.05) is 6.54 Å². The van der Waals surface area contributed by atoms with E-state index in [9.17, 15) is 9.90 Å². The first kappa shape index (κ1) is 15.4. The molecule has 2 N–H and O–H groups in total. The molecule has 0 bridgehead atoms. The van der Waals surface area contributed by atoms with E-state index < -0.39 is 17.8 Å². The predicted octanol–water partition coefficient (Wildman–Crippen LogP) is 2.42. The Kier molecular flexibility index (Phi) is 5.76. The van der Waals surface area contributed by atoms with Crippen molar-refractivity contribution < 1.29 is 14.6 Å². The van der Waals surface area contributed by atoms with Gasteiger partial charge in [-0.2, -0.15) is 0 Å². The van der Waals surface area contributed by atoms with Crippen LogP contribution in [0.5, 0.6) is 0 Å². The fourth-order valence-corrected chi connectivity index (χ4v) is 1.52. The van der Waals surface area contributed by atoms with Crippen LogP contribution < -0.4 is 5.32 Å². The second kappa shape index (κ2) is 7.09. The number of nitrogens with zero attached hydrogens (tertiary/aromatic N) is 1. The molecule has 0 aliphatic heterocycles. The maximum atomic E-state index is 11.4. The lowest BCUT2D eigenvalue weighted by Gasteiger charge is -2.19. The van der Waals surface area contributed by atoms with Crippen molar-refractivity contribution in [1.82, 2.24) is 10.3 Å². The number of nitrogens with one attached hydrogen (secondary N) is 1. The van der Waals surface area contributed by atoms with Crippen molar-refractivity contribution in [2.24, 2.45) is 0 Å². The standard InChI is InChI=1S/C14H22N2O3/c1-14(2,3)19-13(18)16-10-6-8-12(17)11-7-4-5-9-15-11/h4-5,7,9,12,17H,6,8,10H2,1-3H3,(H,16,18)/t12-/m1/s1. The Morgan fingerprint density at radius 1 is 1.47 bits per heavy atom. The van der Waals surface area contributed by atoms with Crippen molar-refractivity contribution in [3.63, 3.8) is 0 Å². The van der Waals surface area contributed by atoms with Crippen LogP contribution in [-0.4, -0.2) is 28.3 Å². The zero-order valence-corrected chi connectivity index (χ0v) is 11.7. The number of aromatic nitrogens is 1. The van der Waals surface area contributed by atoms with Crippen LogP contribution in [0.25, 0.3) is 0 Å². The second-order valence-electron chi connectivity index (χ2n) is 5.34. The Balaban J connectivity index is 2.19. The summed E-state index contributed by atoms with van der Waals surface area (Å²) >= 11 is 0. The number of carbonyl (C=O) groups is 1. The first-order valence-corrected chi connectivity index (χ1v) is 6.44. The second-order valence-corrected chi connectivity index (χ2v) is 5.34. The quantitative estimate of drug-likeness (QED) is 0.803. The third-order valence-corrected chi connectivity index (χ3v) is 2.35. The fourth-order valence-electron chi connectivity index (χ4n) is 1.52. The molecule has 1 rings (SSSR count). The first-order chi connectivity index (χ1) is 8.88. The van der Waals surface area contributed by atoms with Crippen LogP contribution in [0.15, 0.2) is 24.4 Å². The van der Waals surface area contributed by atoms with Gasteiger partial charge in [0.1, 0.15) is 5.60 Å². The van der Waals surface area contributed by atoms with Crippen LogP contribution in [0.2, 0.25) is 0 Å². The molecular formula is C14H22N2O3. The Labute approximate surface area is 114 Å². The minimum absolute atomic E-state index is 0.431. The molecule has 1 aromatic rings. The van der Waals surface area contributed by atoms with Crippen molar-refractivity contribution in [1.29, 1.82) is 0 Å². The van der Waals surface area contributed by atoms with E-state index in [1.54, 1.807) is 18.3 Å². The molecule has 5 nitrogen and oxygen atoms in total.